The Balaban J connectivity index is 0.00000289. The first-order chi connectivity index (χ1) is 7.71. The van der Waals surface area contributed by atoms with Crippen molar-refractivity contribution in [1.82, 2.24) is 0 Å². The summed E-state index contributed by atoms with van der Waals surface area (Å²) in [5, 5.41) is 12.0. The average molecular weight is 299 g/mol. The highest BCUT2D eigenvalue weighted by atomic mass is 35.5. The molecule has 2 atom stereocenters. The summed E-state index contributed by atoms with van der Waals surface area (Å²) in [5.74, 6) is -0.661. The van der Waals surface area contributed by atoms with Crippen LogP contribution in [-0.2, 0) is 9.84 Å². The van der Waals surface area contributed by atoms with Crippen LogP contribution in [0, 0.1) is 5.82 Å². The number of anilines is 1. The molecule has 0 saturated heterocycles. The number of sulfone groups is 1. The van der Waals surface area contributed by atoms with Gasteiger partial charge in [-0.15, -0.1) is 12.4 Å². The SMILES string of the molecule is CC(N)C(O)Nc1ccc(F)cc1S(C)(=O)=O.Cl. The molecular weight excluding hydrogens is 283 g/mol. The molecule has 1 rings (SSSR count). The lowest BCUT2D eigenvalue weighted by Gasteiger charge is -2.19. The summed E-state index contributed by atoms with van der Waals surface area (Å²) in [5.41, 5.74) is 5.56. The Morgan fingerprint density at radius 2 is 2.00 bits per heavy atom. The summed E-state index contributed by atoms with van der Waals surface area (Å²) in [6.45, 7) is 1.56. The lowest BCUT2D eigenvalue weighted by molar-refractivity contribution is 0.179. The molecule has 4 N–H and O–H groups in total. The van der Waals surface area contributed by atoms with Crippen molar-refractivity contribution in [3.05, 3.63) is 24.0 Å². The van der Waals surface area contributed by atoms with Crippen molar-refractivity contribution in [2.75, 3.05) is 11.6 Å². The third-order valence-corrected chi connectivity index (χ3v) is 3.28. The first-order valence-electron chi connectivity index (χ1n) is 4.91. The van der Waals surface area contributed by atoms with E-state index in [4.69, 9.17) is 5.73 Å². The van der Waals surface area contributed by atoms with E-state index in [9.17, 15) is 17.9 Å². The van der Waals surface area contributed by atoms with E-state index in [2.05, 4.69) is 5.32 Å². The second-order valence-electron chi connectivity index (χ2n) is 3.86. The molecule has 1 aromatic carbocycles. The van der Waals surface area contributed by atoms with Crippen LogP contribution in [0.3, 0.4) is 0 Å². The minimum atomic E-state index is -3.58. The third kappa shape index (κ3) is 4.41. The summed E-state index contributed by atoms with van der Waals surface area (Å²) < 4.78 is 35.9. The molecular formula is C10H16ClFN2O3S. The van der Waals surface area contributed by atoms with Crippen LogP contribution in [0.25, 0.3) is 0 Å². The molecule has 0 aromatic heterocycles. The van der Waals surface area contributed by atoms with E-state index in [1.165, 1.54) is 6.07 Å². The van der Waals surface area contributed by atoms with Crippen molar-refractivity contribution in [2.24, 2.45) is 5.73 Å². The molecule has 0 saturated carbocycles. The van der Waals surface area contributed by atoms with Crippen molar-refractivity contribution < 1.29 is 17.9 Å². The second-order valence-corrected chi connectivity index (χ2v) is 5.85. The summed E-state index contributed by atoms with van der Waals surface area (Å²) in [6, 6.07) is 2.65. The minimum Gasteiger partial charge on any atom is -0.372 e. The van der Waals surface area contributed by atoms with Crippen LogP contribution in [0.4, 0.5) is 10.1 Å². The summed E-state index contributed by atoms with van der Waals surface area (Å²) in [6.07, 6.45) is -0.147. The fraction of sp³-hybridized carbons (Fsp3) is 0.400. The lowest BCUT2D eigenvalue weighted by Crippen LogP contribution is -2.37. The first-order valence-corrected chi connectivity index (χ1v) is 6.81. The van der Waals surface area contributed by atoms with Gasteiger partial charge in [-0.1, -0.05) is 0 Å². The van der Waals surface area contributed by atoms with Crippen LogP contribution in [0.15, 0.2) is 23.1 Å². The molecule has 0 fully saturated rings. The average Bonchev–Trinajstić information content (AvgIpc) is 2.18. The number of halogens is 2. The molecule has 0 heterocycles. The van der Waals surface area contributed by atoms with Crippen LogP contribution in [0.5, 0.6) is 0 Å². The Labute approximate surface area is 112 Å². The summed E-state index contributed by atoms with van der Waals surface area (Å²) in [7, 11) is -3.58. The van der Waals surface area contributed by atoms with Crippen LogP contribution < -0.4 is 11.1 Å². The molecule has 0 aliphatic carbocycles. The van der Waals surface area contributed by atoms with Crippen molar-refractivity contribution in [2.45, 2.75) is 24.1 Å². The van der Waals surface area contributed by atoms with Crippen molar-refractivity contribution in [3.8, 4) is 0 Å². The van der Waals surface area contributed by atoms with E-state index in [1.807, 2.05) is 0 Å². The number of nitrogens with one attached hydrogen (secondary N) is 1. The van der Waals surface area contributed by atoms with Gasteiger partial charge in [-0.2, -0.15) is 0 Å². The number of rotatable bonds is 4. The Bertz CT molecular complexity index is 508. The van der Waals surface area contributed by atoms with Crippen molar-refractivity contribution >= 4 is 27.9 Å². The Morgan fingerprint density at radius 3 is 2.44 bits per heavy atom. The largest absolute Gasteiger partial charge is 0.372 e. The van der Waals surface area contributed by atoms with Gasteiger partial charge in [-0.05, 0) is 25.1 Å². The number of benzene rings is 1. The highest BCUT2D eigenvalue weighted by Gasteiger charge is 2.17. The first kappa shape index (κ1) is 17.1. The third-order valence-electron chi connectivity index (χ3n) is 2.14. The Hall–Kier alpha value is -0.890. The Kier molecular flexibility index (Phi) is 6.01. The molecule has 0 aliphatic rings. The van der Waals surface area contributed by atoms with Gasteiger partial charge in [0.2, 0.25) is 0 Å². The monoisotopic (exact) mass is 298 g/mol. The number of hydrogen-bond acceptors (Lipinski definition) is 5. The van der Waals surface area contributed by atoms with Gasteiger partial charge >= 0.3 is 0 Å². The van der Waals surface area contributed by atoms with E-state index in [0.29, 0.717) is 0 Å². The maximum absolute atomic E-state index is 13.0. The van der Waals surface area contributed by atoms with Gasteiger partial charge in [-0.3, -0.25) is 0 Å². The van der Waals surface area contributed by atoms with E-state index < -0.39 is 27.9 Å². The number of aliphatic hydroxyl groups excluding tert-OH is 1. The quantitative estimate of drug-likeness (QED) is 0.713. The molecule has 0 radical (unpaired) electrons. The fourth-order valence-electron chi connectivity index (χ4n) is 1.21. The highest BCUT2D eigenvalue weighted by Crippen LogP contribution is 2.22. The van der Waals surface area contributed by atoms with E-state index in [0.717, 1.165) is 18.4 Å². The van der Waals surface area contributed by atoms with Gasteiger partial charge in [0.05, 0.1) is 10.6 Å². The van der Waals surface area contributed by atoms with Gasteiger partial charge in [0, 0.05) is 12.3 Å². The normalized spacial score (nSPS) is 14.5. The topological polar surface area (TPSA) is 92.4 Å². The predicted octanol–water partition coefficient (Wildman–Crippen LogP) is 0.729. The maximum Gasteiger partial charge on any atom is 0.177 e. The second kappa shape index (κ2) is 6.33. The Morgan fingerprint density at radius 1 is 1.44 bits per heavy atom. The molecule has 0 spiro atoms. The van der Waals surface area contributed by atoms with Crippen LogP contribution >= 0.6 is 12.4 Å². The molecule has 0 aliphatic heterocycles. The van der Waals surface area contributed by atoms with E-state index in [1.54, 1.807) is 6.92 Å². The molecule has 1 aromatic rings. The number of nitrogens with two attached hydrogens (primary N) is 1. The van der Waals surface area contributed by atoms with Gasteiger partial charge in [-0.25, -0.2) is 12.8 Å². The maximum atomic E-state index is 13.0. The zero-order chi connectivity index (χ0) is 13.2. The zero-order valence-corrected chi connectivity index (χ0v) is 11.6. The smallest absolute Gasteiger partial charge is 0.177 e. The highest BCUT2D eigenvalue weighted by molar-refractivity contribution is 7.90. The van der Waals surface area contributed by atoms with Gasteiger partial charge in [0.1, 0.15) is 12.0 Å². The number of aliphatic hydroxyl groups is 1. The molecule has 0 amide bonds. The summed E-state index contributed by atoms with van der Waals surface area (Å²) in [4.78, 5) is -0.211. The van der Waals surface area contributed by atoms with E-state index in [-0.39, 0.29) is 23.0 Å². The molecule has 5 nitrogen and oxygen atoms in total. The van der Waals surface area contributed by atoms with Gasteiger partial charge < -0.3 is 16.2 Å². The van der Waals surface area contributed by atoms with Gasteiger partial charge in [0.15, 0.2) is 9.84 Å². The molecule has 104 valence electrons. The van der Waals surface area contributed by atoms with Crippen molar-refractivity contribution in [3.63, 3.8) is 0 Å². The fourth-order valence-corrected chi connectivity index (χ4v) is 2.07. The van der Waals surface area contributed by atoms with Crippen molar-refractivity contribution in [1.29, 1.82) is 0 Å². The van der Waals surface area contributed by atoms with Crippen LogP contribution in [0.2, 0.25) is 0 Å². The number of hydrogen-bond donors (Lipinski definition) is 3. The van der Waals surface area contributed by atoms with Crippen LogP contribution in [-0.4, -0.2) is 32.0 Å². The van der Waals surface area contributed by atoms with Crippen LogP contribution in [0.1, 0.15) is 6.92 Å². The predicted molar refractivity (Wildman–Crippen MR) is 70.0 cm³/mol. The zero-order valence-electron chi connectivity index (χ0n) is 9.92. The standard InChI is InChI=1S/C10H15FN2O3S.ClH/c1-6(12)10(14)13-8-4-3-7(11)5-9(8)17(2,15)16;/h3-6,10,13-14H,12H2,1-2H3;1H. The lowest BCUT2D eigenvalue weighted by atomic mass is 10.2. The van der Waals surface area contributed by atoms with E-state index >= 15 is 0 Å². The molecule has 2 unspecified atom stereocenters. The van der Waals surface area contributed by atoms with Gasteiger partial charge in [0.25, 0.3) is 0 Å². The molecule has 0 bridgehead atoms. The minimum absolute atomic E-state index is 0. The summed E-state index contributed by atoms with van der Waals surface area (Å²) >= 11 is 0. The molecule has 8 heteroatoms. The molecule has 18 heavy (non-hydrogen) atoms.